The molecule has 44 heavy (non-hydrogen) atoms. The van der Waals surface area contributed by atoms with Crippen LogP contribution in [0.15, 0.2) is 97.3 Å². The Morgan fingerprint density at radius 1 is 1.07 bits per heavy atom. The molecule has 0 aliphatic carbocycles. The van der Waals surface area contributed by atoms with Gasteiger partial charge >= 0.3 is 0 Å². The number of nitrogens with one attached hydrogen (secondary N) is 1. The van der Waals surface area contributed by atoms with Gasteiger partial charge in [0, 0.05) is 49.2 Å². The van der Waals surface area contributed by atoms with Crippen molar-refractivity contribution in [3.63, 3.8) is 0 Å². The molecule has 2 N–H and O–H groups in total. The molecule has 4 aromatic rings. The minimum atomic E-state index is -0.388. The molecule has 9 nitrogen and oxygen atoms in total. The van der Waals surface area contributed by atoms with E-state index in [1.165, 1.54) is 0 Å². The van der Waals surface area contributed by atoms with Gasteiger partial charge < -0.3 is 24.8 Å². The average molecular weight is 595 g/mol. The number of aliphatic hydroxyl groups is 1. The van der Waals surface area contributed by atoms with Crippen LogP contribution in [0.3, 0.4) is 0 Å². The number of likely N-dealkylation sites (N-methyl/N-ethyl adjacent to an activating group) is 1. The van der Waals surface area contributed by atoms with Crippen molar-refractivity contribution in [3.05, 3.63) is 114 Å². The number of anilines is 1. The lowest BCUT2D eigenvalue weighted by atomic mass is 9.99. The molecule has 2 heterocycles. The predicted octanol–water partition coefficient (Wildman–Crippen LogP) is 5.48. The highest BCUT2D eigenvalue weighted by Gasteiger charge is 2.33. The Labute approximate surface area is 258 Å². The molecule has 9 heteroatoms. The Bertz CT molecular complexity index is 1550. The highest BCUT2D eigenvalue weighted by molar-refractivity contribution is 6.05. The Morgan fingerprint density at radius 2 is 1.77 bits per heavy atom. The molecule has 1 aliphatic rings. The minimum absolute atomic E-state index is 0.0173. The number of pyridine rings is 1. The van der Waals surface area contributed by atoms with Gasteiger partial charge in [-0.2, -0.15) is 0 Å². The summed E-state index contributed by atoms with van der Waals surface area (Å²) in [4.78, 5) is 34.4. The number of hydrogen-bond acceptors (Lipinski definition) is 7. The molecule has 1 aromatic heterocycles. The summed E-state index contributed by atoms with van der Waals surface area (Å²) in [6.07, 6.45) is 2.86. The van der Waals surface area contributed by atoms with Crippen LogP contribution in [0.1, 0.15) is 40.1 Å². The standard InChI is InChI=1S/C35H38N4O5/c1-24-20-39(25(2)23-40)35(42)31-19-28(37-34(41)27-15-17-36-18-16-27)11-14-32(31)44-33(24)22-38(3)21-26-9-12-30(13-10-26)43-29-7-5-4-6-8-29/h4-19,24-25,33,40H,20-23H2,1-3H3,(H,37,41)/t24-,25+,33+/m0/s1. The van der Waals surface area contributed by atoms with Gasteiger partial charge in [0.05, 0.1) is 18.2 Å². The molecule has 228 valence electrons. The monoisotopic (exact) mass is 594 g/mol. The first-order chi connectivity index (χ1) is 21.3. The van der Waals surface area contributed by atoms with E-state index in [-0.39, 0.29) is 36.5 Å². The number of hydrogen-bond donors (Lipinski definition) is 2. The van der Waals surface area contributed by atoms with Crippen LogP contribution in [-0.2, 0) is 6.54 Å². The minimum Gasteiger partial charge on any atom is -0.488 e. The van der Waals surface area contributed by atoms with E-state index < -0.39 is 0 Å². The van der Waals surface area contributed by atoms with Crippen molar-refractivity contribution in [2.24, 2.45) is 5.92 Å². The molecule has 0 saturated carbocycles. The van der Waals surface area contributed by atoms with Crippen molar-refractivity contribution in [2.75, 3.05) is 32.1 Å². The van der Waals surface area contributed by atoms with E-state index in [9.17, 15) is 14.7 Å². The quantitative estimate of drug-likeness (QED) is 0.251. The zero-order valence-corrected chi connectivity index (χ0v) is 25.2. The molecule has 3 atom stereocenters. The third kappa shape index (κ3) is 7.61. The first-order valence-corrected chi connectivity index (χ1v) is 14.7. The number of para-hydroxylation sites is 1. The molecule has 1 aliphatic heterocycles. The van der Waals surface area contributed by atoms with E-state index in [1.807, 2.05) is 56.4 Å². The molecule has 0 saturated heterocycles. The second-order valence-corrected chi connectivity index (χ2v) is 11.3. The zero-order chi connectivity index (χ0) is 31.1. The third-order valence-electron chi connectivity index (χ3n) is 7.71. The van der Waals surface area contributed by atoms with Crippen molar-refractivity contribution in [3.8, 4) is 17.2 Å². The first-order valence-electron chi connectivity index (χ1n) is 14.7. The number of benzene rings is 3. The summed E-state index contributed by atoms with van der Waals surface area (Å²) >= 11 is 0. The van der Waals surface area contributed by atoms with Gasteiger partial charge in [0.1, 0.15) is 23.4 Å². The van der Waals surface area contributed by atoms with Gasteiger partial charge in [0.25, 0.3) is 11.8 Å². The summed E-state index contributed by atoms with van der Waals surface area (Å²) in [6, 6.07) is 25.7. The molecule has 2 amide bonds. The fourth-order valence-corrected chi connectivity index (χ4v) is 5.20. The number of carbonyl (C=O) groups is 2. The second kappa shape index (κ2) is 14.2. The Hall–Kier alpha value is -4.73. The number of carbonyl (C=O) groups excluding carboxylic acids is 2. The molecule has 0 bridgehead atoms. The number of rotatable bonds is 10. The average Bonchev–Trinajstić information content (AvgIpc) is 3.04. The van der Waals surface area contributed by atoms with Crippen molar-refractivity contribution in [1.29, 1.82) is 0 Å². The Kier molecular flexibility index (Phi) is 9.89. The molecule has 3 aromatic carbocycles. The predicted molar refractivity (Wildman–Crippen MR) is 169 cm³/mol. The van der Waals surface area contributed by atoms with E-state index >= 15 is 0 Å². The van der Waals surface area contributed by atoms with E-state index in [0.717, 1.165) is 17.1 Å². The lowest BCUT2D eigenvalue weighted by Crippen LogP contribution is -2.49. The highest BCUT2D eigenvalue weighted by Crippen LogP contribution is 2.31. The molecule has 5 rings (SSSR count). The van der Waals surface area contributed by atoms with Crippen LogP contribution in [-0.4, -0.2) is 70.6 Å². The number of amides is 2. The number of ether oxygens (including phenoxy) is 2. The molecular weight excluding hydrogens is 556 g/mol. The number of aliphatic hydroxyl groups excluding tert-OH is 1. The second-order valence-electron chi connectivity index (χ2n) is 11.3. The Morgan fingerprint density at radius 3 is 2.48 bits per heavy atom. The molecule has 0 radical (unpaired) electrons. The number of nitrogens with zero attached hydrogens (tertiary/aromatic N) is 3. The molecule has 0 fully saturated rings. The lowest BCUT2D eigenvalue weighted by molar-refractivity contribution is 0.0341. The summed E-state index contributed by atoms with van der Waals surface area (Å²) in [7, 11) is 2.04. The SMILES string of the molecule is C[C@H](CO)N1C[C@H](C)[C@@H](CN(C)Cc2ccc(Oc3ccccc3)cc2)Oc2ccc(NC(=O)c3ccncc3)cc2C1=O. The lowest BCUT2D eigenvalue weighted by Gasteiger charge is -2.38. The van der Waals surface area contributed by atoms with Gasteiger partial charge in [-0.25, -0.2) is 0 Å². The van der Waals surface area contributed by atoms with Crippen LogP contribution < -0.4 is 14.8 Å². The van der Waals surface area contributed by atoms with Crippen molar-refractivity contribution in [2.45, 2.75) is 32.5 Å². The normalized spacial score (nSPS) is 17.2. The van der Waals surface area contributed by atoms with Crippen molar-refractivity contribution in [1.82, 2.24) is 14.8 Å². The van der Waals surface area contributed by atoms with Crippen LogP contribution >= 0.6 is 0 Å². The van der Waals surface area contributed by atoms with Crippen LogP contribution in [0.2, 0.25) is 0 Å². The zero-order valence-electron chi connectivity index (χ0n) is 25.2. The fourth-order valence-electron chi connectivity index (χ4n) is 5.20. The summed E-state index contributed by atoms with van der Waals surface area (Å²) in [6.45, 7) is 5.44. The van der Waals surface area contributed by atoms with E-state index in [2.05, 4.69) is 34.3 Å². The Balaban J connectivity index is 1.31. The van der Waals surface area contributed by atoms with Crippen LogP contribution in [0, 0.1) is 5.92 Å². The maximum absolute atomic E-state index is 13.7. The molecular formula is C35H38N4O5. The number of fused-ring (bicyclic) bond motifs is 1. The maximum atomic E-state index is 13.7. The summed E-state index contributed by atoms with van der Waals surface area (Å²) in [5, 5.41) is 12.8. The largest absolute Gasteiger partial charge is 0.488 e. The first kappa shape index (κ1) is 30.7. The topological polar surface area (TPSA) is 104 Å². The van der Waals surface area contributed by atoms with Crippen LogP contribution in [0.4, 0.5) is 5.69 Å². The van der Waals surface area contributed by atoms with Gasteiger partial charge in [-0.3, -0.25) is 19.5 Å². The van der Waals surface area contributed by atoms with Gasteiger partial charge in [-0.1, -0.05) is 37.3 Å². The summed E-state index contributed by atoms with van der Waals surface area (Å²) < 4.78 is 12.5. The smallest absolute Gasteiger partial charge is 0.258 e. The van der Waals surface area contributed by atoms with E-state index in [0.29, 0.717) is 42.2 Å². The van der Waals surface area contributed by atoms with E-state index in [4.69, 9.17) is 9.47 Å². The van der Waals surface area contributed by atoms with Crippen LogP contribution in [0.5, 0.6) is 17.2 Å². The van der Waals surface area contributed by atoms with Crippen molar-refractivity contribution >= 4 is 17.5 Å². The molecule has 0 unspecified atom stereocenters. The third-order valence-corrected chi connectivity index (χ3v) is 7.71. The summed E-state index contributed by atoms with van der Waals surface area (Å²) in [5.41, 5.74) is 2.40. The van der Waals surface area contributed by atoms with Gasteiger partial charge in [-0.15, -0.1) is 0 Å². The number of aromatic nitrogens is 1. The highest BCUT2D eigenvalue weighted by atomic mass is 16.5. The maximum Gasteiger partial charge on any atom is 0.258 e. The summed E-state index contributed by atoms with van der Waals surface area (Å²) in [5.74, 6) is 1.43. The van der Waals surface area contributed by atoms with Crippen LogP contribution in [0.25, 0.3) is 0 Å². The fraction of sp³-hybridized carbons (Fsp3) is 0.286. The molecule has 0 spiro atoms. The van der Waals surface area contributed by atoms with E-state index in [1.54, 1.807) is 47.6 Å². The van der Waals surface area contributed by atoms with Gasteiger partial charge in [0.2, 0.25) is 0 Å². The van der Waals surface area contributed by atoms with Gasteiger partial charge in [-0.05, 0) is 74.1 Å². The van der Waals surface area contributed by atoms with Gasteiger partial charge in [0.15, 0.2) is 0 Å². The van der Waals surface area contributed by atoms with Crippen molar-refractivity contribution < 1.29 is 24.2 Å².